The summed E-state index contributed by atoms with van der Waals surface area (Å²) in [4.78, 5) is 0. The number of allylic oxidation sites excluding steroid dienone is 8. The SMILES string of the molecule is COc1ccc(/C=C/C=C/C(C)=C(C)\C=C\C=C\c2ccc(OC)cc2)cc1. The number of ether oxygens (including phenoxy) is 2. The Labute approximate surface area is 168 Å². The van der Waals surface area contributed by atoms with Crippen LogP contribution in [0.2, 0.25) is 0 Å². The fraction of sp³-hybridized carbons (Fsp3) is 0.154. The minimum atomic E-state index is 0.870. The van der Waals surface area contributed by atoms with Gasteiger partial charge < -0.3 is 9.47 Å². The molecule has 2 aromatic rings. The quantitative estimate of drug-likeness (QED) is 0.470. The summed E-state index contributed by atoms with van der Waals surface area (Å²) in [6.45, 7) is 4.23. The van der Waals surface area contributed by atoms with Gasteiger partial charge in [-0.05, 0) is 60.4 Å². The monoisotopic (exact) mass is 372 g/mol. The van der Waals surface area contributed by atoms with Crippen LogP contribution in [-0.4, -0.2) is 14.2 Å². The molecule has 0 fully saturated rings. The number of hydrogen-bond acceptors (Lipinski definition) is 2. The van der Waals surface area contributed by atoms with E-state index in [-0.39, 0.29) is 0 Å². The van der Waals surface area contributed by atoms with Gasteiger partial charge in [0.05, 0.1) is 14.2 Å². The molecule has 144 valence electrons. The van der Waals surface area contributed by atoms with Crippen molar-refractivity contribution in [1.29, 1.82) is 0 Å². The van der Waals surface area contributed by atoms with Gasteiger partial charge >= 0.3 is 0 Å². The molecule has 2 nitrogen and oxygen atoms in total. The Hall–Kier alpha value is -3.26. The summed E-state index contributed by atoms with van der Waals surface area (Å²) in [5.74, 6) is 1.74. The molecule has 0 amide bonds. The lowest BCUT2D eigenvalue weighted by Crippen LogP contribution is -1.81. The second-order valence-electron chi connectivity index (χ2n) is 6.35. The Morgan fingerprint density at radius 3 is 1.25 bits per heavy atom. The van der Waals surface area contributed by atoms with Crippen LogP contribution in [0, 0.1) is 0 Å². The van der Waals surface area contributed by atoms with Gasteiger partial charge in [-0.2, -0.15) is 0 Å². The van der Waals surface area contributed by atoms with E-state index in [9.17, 15) is 0 Å². The highest BCUT2D eigenvalue weighted by Gasteiger charge is 1.91. The second kappa shape index (κ2) is 11.5. The third kappa shape index (κ3) is 7.16. The lowest BCUT2D eigenvalue weighted by atomic mass is 10.1. The molecular formula is C26H28O2. The summed E-state index contributed by atoms with van der Waals surface area (Å²) in [6.07, 6.45) is 16.6. The number of benzene rings is 2. The number of hydrogen-bond donors (Lipinski definition) is 0. The van der Waals surface area contributed by atoms with Crippen molar-refractivity contribution >= 4 is 12.2 Å². The summed E-state index contributed by atoms with van der Waals surface area (Å²) >= 11 is 0. The Kier molecular flexibility index (Phi) is 8.61. The molecular weight excluding hydrogens is 344 g/mol. The van der Waals surface area contributed by atoms with Crippen molar-refractivity contribution in [3.05, 3.63) is 107 Å². The molecule has 0 spiro atoms. The van der Waals surface area contributed by atoms with E-state index in [1.54, 1.807) is 14.2 Å². The van der Waals surface area contributed by atoms with Crippen LogP contribution in [0.4, 0.5) is 0 Å². The van der Waals surface area contributed by atoms with Gasteiger partial charge in [0.2, 0.25) is 0 Å². The van der Waals surface area contributed by atoms with E-state index >= 15 is 0 Å². The molecule has 0 N–H and O–H groups in total. The highest BCUT2D eigenvalue weighted by atomic mass is 16.5. The normalized spacial score (nSPS) is 13.0. The minimum absolute atomic E-state index is 0.870. The smallest absolute Gasteiger partial charge is 0.118 e. The van der Waals surface area contributed by atoms with Crippen LogP contribution in [0.5, 0.6) is 11.5 Å². The van der Waals surface area contributed by atoms with E-state index < -0.39 is 0 Å². The third-order valence-electron chi connectivity index (χ3n) is 4.35. The van der Waals surface area contributed by atoms with E-state index in [0.717, 1.165) is 22.6 Å². The third-order valence-corrected chi connectivity index (χ3v) is 4.35. The van der Waals surface area contributed by atoms with Crippen LogP contribution in [-0.2, 0) is 0 Å². The van der Waals surface area contributed by atoms with Crippen molar-refractivity contribution in [1.82, 2.24) is 0 Å². The van der Waals surface area contributed by atoms with Crippen LogP contribution in [0.1, 0.15) is 25.0 Å². The van der Waals surface area contributed by atoms with Gasteiger partial charge in [-0.15, -0.1) is 0 Å². The lowest BCUT2D eigenvalue weighted by Gasteiger charge is -1.99. The van der Waals surface area contributed by atoms with Gasteiger partial charge in [0.1, 0.15) is 11.5 Å². The van der Waals surface area contributed by atoms with Crippen LogP contribution in [0.15, 0.2) is 96.1 Å². The summed E-state index contributed by atoms with van der Waals surface area (Å²) in [6, 6.07) is 16.0. The molecule has 2 rings (SSSR count). The fourth-order valence-corrected chi connectivity index (χ4v) is 2.43. The van der Waals surface area contributed by atoms with Gasteiger partial charge in [-0.1, -0.05) is 72.9 Å². The van der Waals surface area contributed by atoms with Crippen molar-refractivity contribution in [2.45, 2.75) is 13.8 Å². The maximum atomic E-state index is 5.17. The molecule has 0 saturated heterocycles. The zero-order chi connectivity index (χ0) is 20.2. The fourth-order valence-electron chi connectivity index (χ4n) is 2.43. The maximum absolute atomic E-state index is 5.17. The van der Waals surface area contributed by atoms with Crippen molar-refractivity contribution in [3.8, 4) is 11.5 Å². The molecule has 0 unspecified atom stereocenters. The van der Waals surface area contributed by atoms with Crippen LogP contribution < -0.4 is 9.47 Å². The highest BCUT2D eigenvalue weighted by molar-refractivity contribution is 5.54. The van der Waals surface area contributed by atoms with Crippen LogP contribution >= 0.6 is 0 Å². The molecule has 0 heterocycles. The molecule has 0 saturated carbocycles. The maximum Gasteiger partial charge on any atom is 0.118 e. The average Bonchev–Trinajstić information content (AvgIpc) is 2.74. The molecule has 28 heavy (non-hydrogen) atoms. The molecule has 0 aliphatic heterocycles. The Morgan fingerprint density at radius 1 is 0.571 bits per heavy atom. The zero-order valence-corrected chi connectivity index (χ0v) is 17.1. The topological polar surface area (TPSA) is 18.5 Å². The molecule has 0 aromatic heterocycles. The molecule has 0 aliphatic carbocycles. The van der Waals surface area contributed by atoms with Gasteiger partial charge in [0.15, 0.2) is 0 Å². The van der Waals surface area contributed by atoms with E-state index in [1.165, 1.54) is 11.1 Å². The van der Waals surface area contributed by atoms with E-state index in [1.807, 2.05) is 60.7 Å². The van der Waals surface area contributed by atoms with E-state index in [0.29, 0.717) is 0 Å². The predicted octanol–water partition coefficient (Wildman–Crippen LogP) is 6.88. The van der Waals surface area contributed by atoms with Gasteiger partial charge in [-0.25, -0.2) is 0 Å². The van der Waals surface area contributed by atoms with Gasteiger partial charge in [-0.3, -0.25) is 0 Å². The van der Waals surface area contributed by atoms with Crippen molar-refractivity contribution in [2.24, 2.45) is 0 Å². The second-order valence-corrected chi connectivity index (χ2v) is 6.35. The lowest BCUT2D eigenvalue weighted by molar-refractivity contribution is 0.414. The standard InChI is InChI=1S/C26H28O2/c1-21(9-5-7-11-23-13-17-25(27-3)18-14-23)22(2)10-6-8-12-24-15-19-26(28-4)20-16-24/h5-20H,1-4H3/b9-5+,10-6+,11-7+,12-8+,22-21-. The Bertz CT molecular complexity index is 802. The Balaban J connectivity index is 1.89. The molecule has 0 atom stereocenters. The van der Waals surface area contributed by atoms with Crippen molar-refractivity contribution in [3.63, 3.8) is 0 Å². The molecule has 0 radical (unpaired) electrons. The average molecular weight is 373 g/mol. The summed E-state index contributed by atoms with van der Waals surface area (Å²) in [5.41, 5.74) is 4.75. The van der Waals surface area contributed by atoms with Crippen molar-refractivity contribution < 1.29 is 9.47 Å². The summed E-state index contributed by atoms with van der Waals surface area (Å²) in [5, 5.41) is 0. The van der Waals surface area contributed by atoms with Gasteiger partial charge in [0.25, 0.3) is 0 Å². The molecule has 2 aromatic carbocycles. The summed E-state index contributed by atoms with van der Waals surface area (Å²) in [7, 11) is 3.35. The number of methoxy groups -OCH3 is 2. The predicted molar refractivity (Wildman–Crippen MR) is 121 cm³/mol. The van der Waals surface area contributed by atoms with Crippen LogP contribution in [0.3, 0.4) is 0 Å². The minimum Gasteiger partial charge on any atom is -0.497 e. The van der Waals surface area contributed by atoms with E-state index in [4.69, 9.17) is 9.47 Å². The molecule has 2 heteroatoms. The van der Waals surface area contributed by atoms with Gasteiger partial charge in [0, 0.05) is 0 Å². The first-order chi connectivity index (χ1) is 13.6. The van der Waals surface area contributed by atoms with Crippen molar-refractivity contribution in [2.75, 3.05) is 14.2 Å². The largest absolute Gasteiger partial charge is 0.497 e. The first-order valence-electron chi connectivity index (χ1n) is 9.27. The molecule has 0 aliphatic rings. The Morgan fingerprint density at radius 2 is 0.929 bits per heavy atom. The van der Waals surface area contributed by atoms with E-state index in [2.05, 4.69) is 50.3 Å². The first kappa shape index (κ1) is 21.0. The number of rotatable bonds is 8. The first-order valence-corrected chi connectivity index (χ1v) is 9.27. The molecule has 0 bridgehead atoms. The van der Waals surface area contributed by atoms with Crippen LogP contribution in [0.25, 0.3) is 12.2 Å². The summed E-state index contributed by atoms with van der Waals surface area (Å²) < 4.78 is 10.3. The highest BCUT2D eigenvalue weighted by Crippen LogP contribution is 2.14. The zero-order valence-electron chi connectivity index (χ0n) is 17.1.